The maximum Gasteiger partial charge on any atom is 0.264 e. The zero-order valence-electron chi connectivity index (χ0n) is 13.5. The minimum atomic E-state index is -0.939. The monoisotopic (exact) mass is 342 g/mol. The Morgan fingerprint density at radius 1 is 1.08 bits per heavy atom. The number of carbonyl (C=O) groups excluding carboxylic acids is 4. The standard InChI is InChI=1S/C17H18N4O4/c22-13-5-4-12(15(23)20-13)21-16(24)10-2-1-3-11(14(10)17(21)25)19-9-6-7-18-8-9/h1-3,9,12,18-19H,4-8H2,(H,20,22,23). The lowest BCUT2D eigenvalue weighted by Crippen LogP contribution is -2.54. The first kappa shape index (κ1) is 15.8. The maximum absolute atomic E-state index is 12.9. The van der Waals surface area contributed by atoms with Crippen LogP contribution in [0.1, 0.15) is 40.0 Å². The summed E-state index contributed by atoms with van der Waals surface area (Å²) in [5, 5.41) is 8.76. The lowest BCUT2D eigenvalue weighted by molar-refractivity contribution is -0.136. The van der Waals surface area contributed by atoms with E-state index in [-0.39, 0.29) is 24.8 Å². The van der Waals surface area contributed by atoms with E-state index in [1.165, 1.54) is 0 Å². The fourth-order valence-electron chi connectivity index (χ4n) is 3.63. The van der Waals surface area contributed by atoms with Crippen LogP contribution in [-0.2, 0) is 9.59 Å². The third-order valence-corrected chi connectivity index (χ3v) is 4.89. The number of benzene rings is 1. The Morgan fingerprint density at radius 2 is 1.92 bits per heavy atom. The van der Waals surface area contributed by atoms with E-state index in [1.807, 2.05) is 0 Å². The Bertz CT molecular complexity index is 785. The number of amides is 4. The maximum atomic E-state index is 12.9. The molecule has 2 fully saturated rings. The molecule has 4 rings (SSSR count). The van der Waals surface area contributed by atoms with Crippen LogP contribution >= 0.6 is 0 Å². The highest BCUT2D eigenvalue weighted by atomic mass is 16.2. The van der Waals surface area contributed by atoms with Gasteiger partial charge in [0.2, 0.25) is 11.8 Å². The van der Waals surface area contributed by atoms with Crippen LogP contribution in [-0.4, -0.2) is 53.7 Å². The molecule has 3 N–H and O–H groups in total. The van der Waals surface area contributed by atoms with E-state index in [9.17, 15) is 19.2 Å². The zero-order valence-corrected chi connectivity index (χ0v) is 13.5. The third kappa shape index (κ3) is 2.58. The summed E-state index contributed by atoms with van der Waals surface area (Å²) in [6.45, 7) is 1.70. The Labute approximate surface area is 143 Å². The Balaban J connectivity index is 1.65. The molecule has 0 saturated carbocycles. The molecule has 3 aliphatic rings. The lowest BCUT2D eigenvalue weighted by atomic mass is 10.0. The second kappa shape index (κ2) is 5.96. The number of nitrogens with zero attached hydrogens (tertiary/aromatic N) is 1. The number of carbonyl (C=O) groups is 4. The van der Waals surface area contributed by atoms with E-state index in [0.717, 1.165) is 24.4 Å². The van der Waals surface area contributed by atoms with Crippen molar-refractivity contribution in [2.75, 3.05) is 18.4 Å². The quantitative estimate of drug-likeness (QED) is 0.660. The molecule has 8 nitrogen and oxygen atoms in total. The minimum absolute atomic E-state index is 0.114. The van der Waals surface area contributed by atoms with E-state index in [2.05, 4.69) is 16.0 Å². The van der Waals surface area contributed by atoms with Crippen molar-refractivity contribution in [3.05, 3.63) is 29.3 Å². The van der Waals surface area contributed by atoms with E-state index in [0.29, 0.717) is 16.8 Å². The molecule has 3 aliphatic heterocycles. The SMILES string of the molecule is O=C1CCC(N2C(=O)c3cccc(NC4CCNC4)c3C2=O)C(=O)N1. The van der Waals surface area contributed by atoms with Gasteiger partial charge in [0.15, 0.2) is 0 Å². The molecule has 0 spiro atoms. The van der Waals surface area contributed by atoms with Crippen LogP contribution in [0.25, 0.3) is 0 Å². The largest absolute Gasteiger partial charge is 0.380 e. The Morgan fingerprint density at radius 3 is 2.64 bits per heavy atom. The van der Waals surface area contributed by atoms with Gasteiger partial charge in [-0.1, -0.05) is 6.07 Å². The van der Waals surface area contributed by atoms with Crippen LogP contribution in [0.2, 0.25) is 0 Å². The molecule has 130 valence electrons. The molecule has 1 aromatic rings. The number of rotatable bonds is 3. The molecule has 2 saturated heterocycles. The van der Waals surface area contributed by atoms with Gasteiger partial charge in [0, 0.05) is 24.7 Å². The Kier molecular flexibility index (Phi) is 3.76. The molecule has 0 radical (unpaired) electrons. The third-order valence-electron chi connectivity index (χ3n) is 4.89. The van der Waals surface area contributed by atoms with Crippen molar-refractivity contribution in [3.8, 4) is 0 Å². The fourth-order valence-corrected chi connectivity index (χ4v) is 3.63. The van der Waals surface area contributed by atoms with Gasteiger partial charge in [-0.25, -0.2) is 0 Å². The van der Waals surface area contributed by atoms with Crippen LogP contribution in [0.4, 0.5) is 5.69 Å². The summed E-state index contributed by atoms with van der Waals surface area (Å²) in [6.07, 6.45) is 1.21. The van der Waals surface area contributed by atoms with Crippen molar-refractivity contribution in [1.29, 1.82) is 0 Å². The predicted octanol–water partition coefficient (Wildman–Crippen LogP) is -0.138. The van der Waals surface area contributed by atoms with Gasteiger partial charge in [-0.3, -0.25) is 29.4 Å². The van der Waals surface area contributed by atoms with Crippen LogP contribution in [0.15, 0.2) is 18.2 Å². The molecular formula is C17H18N4O4. The second-order valence-electron chi connectivity index (χ2n) is 6.51. The van der Waals surface area contributed by atoms with Gasteiger partial charge in [-0.15, -0.1) is 0 Å². The number of anilines is 1. The molecule has 2 unspecified atom stereocenters. The van der Waals surface area contributed by atoms with Crippen molar-refractivity contribution < 1.29 is 19.2 Å². The van der Waals surface area contributed by atoms with E-state index < -0.39 is 23.8 Å². The minimum Gasteiger partial charge on any atom is -0.380 e. The summed E-state index contributed by atoms with van der Waals surface area (Å²) in [5.41, 5.74) is 1.22. The van der Waals surface area contributed by atoms with Gasteiger partial charge in [0.1, 0.15) is 6.04 Å². The summed E-state index contributed by atoms with van der Waals surface area (Å²) in [4.78, 5) is 50.0. The summed E-state index contributed by atoms with van der Waals surface area (Å²) in [7, 11) is 0. The summed E-state index contributed by atoms with van der Waals surface area (Å²) >= 11 is 0. The second-order valence-corrected chi connectivity index (χ2v) is 6.51. The molecule has 8 heteroatoms. The fraction of sp³-hybridized carbons (Fsp3) is 0.412. The highest BCUT2D eigenvalue weighted by Crippen LogP contribution is 2.32. The van der Waals surface area contributed by atoms with Crippen LogP contribution in [0.3, 0.4) is 0 Å². The van der Waals surface area contributed by atoms with Crippen molar-refractivity contribution in [3.63, 3.8) is 0 Å². The molecule has 0 aromatic heterocycles. The number of hydrogen-bond acceptors (Lipinski definition) is 6. The van der Waals surface area contributed by atoms with Gasteiger partial charge in [0.25, 0.3) is 11.8 Å². The molecule has 3 heterocycles. The first-order valence-corrected chi connectivity index (χ1v) is 8.38. The highest BCUT2D eigenvalue weighted by Gasteiger charge is 2.45. The topological polar surface area (TPSA) is 108 Å². The van der Waals surface area contributed by atoms with Crippen molar-refractivity contribution in [2.45, 2.75) is 31.3 Å². The number of fused-ring (bicyclic) bond motifs is 1. The first-order valence-electron chi connectivity index (χ1n) is 8.38. The van der Waals surface area contributed by atoms with E-state index in [1.54, 1.807) is 18.2 Å². The summed E-state index contributed by atoms with van der Waals surface area (Å²) < 4.78 is 0. The number of piperidine rings is 1. The smallest absolute Gasteiger partial charge is 0.264 e. The number of imide groups is 2. The predicted molar refractivity (Wildman–Crippen MR) is 88.0 cm³/mol. The van der Waals surface area contributed by atoms with Gasteiger partial charge >= 0.3 is 0 Å². The zero-order chi connectivity index (χ0) is 17.6. The van der Waals surface area contributed by atoms with Gasteiger partial charge < -0.3 is 10.6 Å². The first-order chi connectivity index (χ1) is 12.1. The molecular weight excluding hydrogens is 324 g/mol. The number of nitrogens with one attached hydrogen (secondary N) is 3. The molecule has 4 amide bonds. The Hall–Kier alpha value is -2.74. The van der Waals surface area contributed by atoms with Crippen molar-refractivity contribution in [2.24, 2.45) is 0 Å². The van der Waals surface area contributed by atoms with Crippen LogP contribution < -0.4 is 16.0 Å². The molecule has 0 aliphatic carbocycles. The molecule has 25 heavy (non-hydrogen) atoms. The van der Waals surface area contributed by atoms with Gasteiger partial charge in [-0.05, 0) is 31.5 Å². The summed E-state index contributed by atoms with van der Waals surface area (Å²) in [5.74, 6) is -1.94. The average Bonchev–Trinajstić information content (AvgIpc) is 3.17. The normalized spacial score (nSPS) is 26.0. The van der Waals surface area contributed by atoms with Crippen LogP contribution in [0, 0.1) is 0 Å². The van der Waals surface area contributed by atoms with Crippen LogP contribution in [0.5, 0.6) is 0 Å². The average molecular weight is 342 g/mol. The molecule has 2 atom stereocenters. The van der Waals surface area contributed by atoms with Crippen molar-refractivity contribution in [1.82, 2.24) is 15.5 Å². The number of hydrogen-bond donors (Lipinski definition) is 3. The highest BCUT2D eigenvalue weighted by molar-refractivity contribution is 6.25. The molecule has 0 bridgehead atoms. The lowest BCUT2D eigenvalue weighted by Gasteiger charge is -2.27. The van der Waals surface area contributed by atoms with Gasteiger partial charge in [0.05, 0.1) is 11.1 Å². The van der Waals surface area contributed by atoms with E-state index >= 15 is 0 Å². The molecule has 1 aromatic carbocycles. The van der Waals surface area contributed by atoms with Crippen molar-refractivity contribution >= 4 is 29.3 Å². The summed E-state index contributed by atoms with van der Waals surface area (Å²) in [6, 6.07) is 4.35. The van der Waals surface area contributed by atoms with Gasteiger partial charge in [-0.2, -0.15) is 0 Å². The van der Waals surface area contributed by atoms with E-state index in [4.69, 9.17) is 0 Å².